The van der Waals surface area contributed by atoms with Gasteiger partial charge in [0.15, 0.2) is 0 Å². The number of anilines is 1. The number of aromatic amines is 1. The van der Waals surface area contributed by atoms with Gasteiger partial charge in [-0.1, -0.05) is 0 Å². The number of hydrogen-bond acceptors (Lipinski definition) is 5. The summed E-state index contributed by atoms with van der Waals surface area (Å²) < 4.78 is 0. The monoisotopic (exact) mass is 234 g/mol. The SMILES string of the molecule is CC1N=C(N(C)C)NC(N(C)c2ccc[nH]2)=N1. The van der Waals surface area contributed by atoms with Crippen LogP contribution in [0.25, 0.3) is 0 Å². The lowest BCUT2D eigenvalue weighted by Crippen LogP contribution is -2.50. The van der Waals surface area contributed by atoms with E-state index in [1.54, 1.807) is 0 Å². The van der Waals surface area contributed by atoms with Crippen molar-refractivity contribution < 1.29 is 0 Å². The average Bonchev–Trinajstić information content (AvgIpc) is 2.80. The van der Waals surface area contributed by atoms with Crippen LogP contribution in [0.4, 0.5) is 5.82 Å². The Kier molecular flexibility index (Phi) is 3.03. The van der Waals surface area contributed by atoms with Crippen LogP contribution in [0.3, 0.4) is 0 Å². The summed E-state index contributed by atoms with van der Waals surface area (Å²) in [6.07, 6.45) is 1.82. The Labute approximate surface area is 101 Å². The molecule has 92 valence electrons. The van der Waals surface area contributed by atoms with Gasteiger partial charge in [-0.15, -0.1) is 0 Å². The second-order valence-electron chi connectivity index (χ2n) is 4.17. The van der Waals surface area contributed by atoms with Crippen molar-refractivity contribution >= 4 is 17.7 Å². The zero-order valence-corrected chi connectivity index (χ0v) is 10.6. The third-order valence-corrected chi connectivity index (χ3v) is 2.53. The Morgan fingerprint density at radius 1 is 1.18 bits per heavy atom. The number of nitrogens with one attached hydrogen (secondary N) is 2. The molecule has 17 heavy (non-hydrogen) atoms. The van der Waals surface area contributed by atoms with Crippen LogP contribution in [0.1, 0.15) is 6.92 Å². The van der Waals surface area contributed by atoms with E-state index in [-0.39, 0.29) is 6.17 Å². The largest absolute Gasteiger partial charge is 0.349 e. The van der Waals surface area contributed by atoms with Crippen molar-refractivity contribution in [3.8, 4) is 0 Å². The van der Waals surface area contributed by atoms with Crippen molar-refractivity contribution in [3.63, 3.8) is 0 Å². The van der Waals surface area contributed by atoms with E-state index in [4.69, 9.17) is 0 Å². The Bertz CT molecular complexity index is 431. The molecular weight excluding hydrogens is 216 g/mol. The lowest BCUT2D eigenvalue weighted by molar-refractivity contribution is 0.581. The summed E-state index contributed by atoms with van der Waals surface area (Å²) in [4.78, 5) is 15.9. The first-order valence-electron chi connectivity index (χ1n) is 5.55. The summed E-state index contributed by atoms with van der Waals surface area (Å²) in [6.45, 7) is 1.97. The number of aliphatic imine (C=N–C) groups is 2. The Morgan fingerprint density at radius 2 is 1.88 bits per heavy atom. The Hall–Kier alpha value is -1.98. The molecule has 1 atom stereocenters. The van der Waals surface area contributed by atoms with Crippen LogP contribution in [0, 0.1) is 0 Å². The highest BCUT2D eigenvalue weighted by atomic mass is 15.4. The van der Waals surface area contributed by atoms with Gasteiger partial charge >= 0.3 is 0 Å². The van der Waals surface area contributed by atoms with E-state index in [9.17, 15) is 0 Å². The molecule has 1 aliphatic rings. The highest BCUT2D eigenvalue weighted by Crippen LogP contribution is 2.10. The van der Waals surface area contributed by atoms with Gasteiger partial charge in [0, 0.05) is 27.3 Å². The second kappa shape index (κ2) is 4.48. The molecule has 1 aromatic rings. The molecule has 6 nitrogen and oxygen atoms in total. The summed E-state index contributed by atoms with van der Waals surface area (Å²) in [5.74, 6) is 2.60. The third kappa shape index (κ3) is 2.41. The fourth-order valence-corrected chi connectivity index (χ4v) is 1.59. The summed E-state index contributed by atoms with van der Waals surface area (Å²) in [6, 6.07) is 3.95. The fraction of sp³-hybridized carbons (Fsp3) is 0.455. The standard InChI is InChI=1S/C11H18N6/c1-8-13-10(16(2)3)15-11(14-8)17(4)9-6-5-7-12-9/h5-8,12H,1-4H3,(H,13,14,15). The molecule has 2 rings (SSSR count). The van der Waals surface area contributed by atoms with Crippen molar-refractivity contribution in [2.45, 2.75) is 13.1 Å². The normalized spacial score (nSPS) is 19.2. The first-order valence-corrected chi connectivity index (χ1v) is 5.55. The summed E-state index contributed by atoms with van der Waals surface area (Å²) in [5.41, 5.74) is 0. The van der Waals surface area contributed by atoms with Gasteiger partial charge in [0.2, 0.25) is 11.9 Å². The van der Waals surface area contributed by atoms with E-state index in [1.165, 1.54) is 0 Å². The molecule has 1 unspecified atom stereocenters. The summed E-state index contributed by atoms with van der Waals surface area (Å²) in [7, 11) is 5.87. The fourth-order valence-electron chi connectivity index (χ4n) is 1.59. The highest BCUT2D eigenvalue weighted by molar-refractivity contribution is 6.06. The minimum Gasteiger partial charge on any atom is -0.349 e. The molecule has 1 aliphatic heterocycles. The topological polar surface area (TPSA) is 59.0 Å². The first-order chi connectivity index (χ1) is 8.08. The van der Waals surface area contributed by atoms with Crippen molar-refractivity contribution in [2.24, 2.45) is 9.98 Å². The van der Waals surface area contributed by atoms with E-state index in [2.05, 4.69) is 20.3 Å². The predicted molar refractivity (Wildman–Crippen MR) is 70.4 cm³/mol. The number of rotatable bonds is 1. The number of H-pyrrole nitrogens is 1. The van der Waals surface area contributed by atoms with Crippen LogP contribution in [0.5, 0.6) is 0 Å². The van der Waals surface area contributed by atoms with Gasteiger partial charge in [0.25, 0.3) is 0 Å². The Balaban J connectivity index is 2.18. The van der Waals surface area contributed by atoms with Crippen LogP contribution >= 0.6 is 0 Å². The van der Waals surface area contributed by atoms with E-state index in [0.29, 0.717) is 0 Å². The van der Waals surface area contributed by atoms with Gasteiger partial charge in [-0.2, -0.15) is 0 Å². The molecule has 0 radical (unpaired) electrons. The maximum atomic E-state index is 4.47. The second-order valence-corrected chi connectivity index (χ2v) is 4.17. The number of guanidine groups is 2. The van der Waals surface area contributed by atoms with Crippen LogP contribution in [0.15, 0.2) is 28.3 Å². The number of aromatic nitrogens is 1. The van der Waals surface area contributed by atoms with Gasteiger partial charge in [0.1, 0.15) is 12.0 Å². The van der Waals surface area contributed by atoms with Crippen LogP contribution < -0.4 is 10.2 Å². The Morgan fingerprint density at radius 3 is 2.47 bits per heavy atom. The maximum absolute atomic E-state index is 4.47. The molecule has 6 heteroatoms. The molecule has 0 spiro atoms. The zero-order valence-electron chi connectivity index (χ0n) is 10.6. The lowest BCUT2D eigenvalue weighted by atomic mass is 10.5. The molecule has 0 amide bonds. The van der Waals surface area contributed by atoms with Crippen LogP contribution in [-0.4, -0.2) is 49.1 Å². The van der Waals surface area contributed by atoms with E-state index >= 15 is 0 Å². The average molecular weight is 234 g/mol. The van der Waals surface area contributed by atoms with Gasteiger partial charge in [-0.25, -0.2) is 9.98 Å². The van der Waals surface area contributed by atoms with Crippen molar-refractivity contribution in [3.05, 3.63) is 18.3 Å². The molecule has 2 heterocycles. The van der Waals surface area contributed by atoms with Gasteiger partial charge < -0.3 is 14.8 Å². The lowest BCUT2D eigenvalue weighted by Gasteiger charge is -2.28. The van der Waals surface area contributed by atoms with E-state index in [0.717, 1.165) is 17.7 Å². The zero-order chi connectivity index (χ0) is 12.4. The molecule has 0 saturated heterocycles. The molecule has 2 N–H and O–H groups in total. The minimum absolute atomic E-state index is 0.0685. The first kappa shape index (κ1) is 11.5. The predicted octanol–water partition coefficient (Wildman–Crippen LogP) is 0.674. The van der Waals surface area contributed by atoms with Crippen molar-refractivity contribution in [2.75, 3.05) is 26.0 Å². The minimum atomic E-state index is -0.0685. The summed E-state index contributed by atoms with van der Waals surface area (Å²) >= 11 is 0. The quantitative estimate of drug-likeness (QED) is 0.751. The van der Waals surface area contributed by atoms with Crippen molar-refractivity contribution in [1.82, 2.24) is 15.2 Å². The molecular formula is C11H18N6. The van der Waals surface area contributed by atoms with Crippen molar-refractivity contribution in [1.29, 1.82) is 0 Å². The van der Waals surface area contributed by atoms with Crippen LogP contribution in [-0.2, 0) is 0 Å². The van der Waals surface area contributed by atoms with Gasteiger partial charge in [-0.05, 0) is 19.1 Å². The number of hydrogen-bond donors (Lipinski definition) is 2. The maximum Gasteiger partial charge on any atom is 0.208 e. The van der Waals surface area contributed by atoms with E-state index < -0.39 is 0 Å². The van der Waals surface area contributed by atoms with Gasteiger partial charge in [0.05, 0.1) is 0 Å². The smallest absolute Gasteiger partial charge is 0.208 e. The molecule has 0 fully saturated rings. The van der Waals surface area contributed by atoms with Gasteiger partial charge in [-0.3, -0.25) is 5.32 Å². The number of nitrogens with zero attached hydrogens (tertiary/aromatic N) is 4. The summed E-state index contributed by atoms with van der Waals surface area (Å²) in [5, 5.41) is 3.20. The van der Waals surface area contributed by atoms with E-state index in [1.807, 2.05) is 56.2 Å². The molecule has 1 aromatic heterocycles. The molecule has 0 aliphatic carbocycles. The highest BCUT2D eigenvalue weighted by Gasteiger charge is 2.18. The van der Waals surface area contributed by atoms with Crippen LogP contribution in [0.2, 0.25) is 0 Å². The molecule has 0 aromatic carbocycles. The molecule has 0 bridgehead atoms. The molecule has 0 saturated carbocycles. The third-order valence-electron chi connectivity index (χ3n) is 2.53.